The van der Waals surface area contributed by atoms with Crippen molar-refractivity contribution in [3.63, 3.8) is 0 Å². The highest BCUT2D eigenvalue weighted by Gasteiger charge is 2.25. The van der Waals surface area contributed by atoms with Gasteiger partial charge in [0.15, 0.2) is 0 Å². The van der Waals surface area contributed by atoms with E-state index >= 15 is 0 Å². The average molecular weight is 328 g/mol. The van der Waals surface area contributed by atoms with Crippen LogP contribution in [-0.4, -0.2) is 37.1 Å². The minimum absolute atomic E-state index is 0.0132. The van der Waals surface area contributed by atoms with Crippen LogP contribution in [0.1, 0.15) is 67.7 Å². The topological polar surface area (TPSA) is 67.4 Å². The first-order chi connectivity index (χ1) is 10.5. The van der Waals surface area contributed by atoms with Gasteiger partial charge in [-0.1, -0.05) is 27.7 Å². The van der Waals surface area contributed by atoms with Crippen LogP contribution in [0.15, 0.2) is 0 Å². The van der Waals surface area contributed by atoms with E-state index in [2.05, 4.69) is 38.3 Å². The van der Waals surface area contributed by atoms with Gasteiger partial charge in [-0.2, -0.15) is 0 Å². The Bertz CT molecular complexity index is 376. The first-order valence-electron chi connectivity index (χ1n) is 8.61. The van der Waals surface area contributed by atoms with Gasteiger partial charge < -0.3 is 15.4 Å². The lowest BCUT2D eigenvalue weighted by Crippen LogP contribution is -2.38. The highest BCUT2D eigenvalue weighted by molar-refractivity contribution is 5.77. The maximum atomic E-state index is 11.5. The van der Waals surface area contributed by atoms with E-state index < -0.39 is 0 Å². The molecule has 0 aromatic rings. The normalized spacial score (nSPS) is 12.3. The summed E-state index contributed by atoms with van der Waals surface area (Å²) in [6.45, 7) is 15.6. The molecule has 0 saturated carbocycles. The number of ether oxygens (including phenoxy) is 1. The predicted octanol–water partition coefficient (Wildman–Crippen LogP) is 2.89. The quantitative estimate of drug-likeness (QED) is 0.573. The number of carbonyl (C=O) groups excluding carboxylic acids is 2. The van der Waals surface area contributed by atoms with E-state index in [0.29, 0.717) is 13.2 Å². The molecule has 136 valence electrons. The fourth-order valence-corrected chi connectivity index (χ4v) is 1.97. The van der Waals surface area contributed by atoms with Crippen molar-refractivity contribution >= 4 is 11.8 Å². The van der Waals surface area contributed by atoms with E-state index in [4.69, 9.17) is 4.74 Å². The molecule has 0 fully saturated rings. The molecule has 0 spiro atoms. The molecule has 0 aliphatic heterocycles. The minimum Gasteiger partial charge on any atom is -0.375 e. The van der Waals surface area contributed by atoms with Gasteiger partial charge in [0.05, 0.1) is 12.2 Å². The van der Waals surface area contributed by atoms with Crippen molar-refractivity contribution in [3.8, 4) is 0 Å². The van der Waals surface area contributed by atoms with Gasteiger partial charge in [0, 0.05) is 31.3 Å². The lowest BCUT2D eigenvalue weighted by Gasteiger charge is -2.32. The van der Waals surface area contributed by atoms with E-state index in [0.717, 1.165) is 25.8 Å². The Morgan fingerprint density at radius 2 is 1.65 bits per heavy atom. The van der Waals surface area contributed by atoms with Gasteiger partial charge in [0.25, 0.3) is 0 Å². The van der Waals surface area contributed by atoms with Gasteiger partial charge >= 0.3 is 0 Å². The smallest absolute Gasteiger partial charge is 0.222 e. The summed E-state index contributed by atoms with van der Waals surface area (Å²) in [5, 5.41) is 5.77. The third-order valence-corrected chi connectivity index (χ3v) is 3.70. The largest absolute Gasteiger partial charge is 0.375 e. The van der Waals surface area contributed by atoms with E-state index in [1.165, 1.54) is 6.92 Å². The van der Waals surface area contributed by atoms with E-state index in [1.54, 1.807) is 0 Å². The number of unbranched alkanes of at least 4 members (excludes halogenated alkanes) is 1. The fraction of sp³-hybridized carbons (Fsp3) is 0.889. The molecule has 0 aromatic heterocycles. The first-order valence-corrected chi connectivity index (χ1v) is 8.61. The second kappa shape index (κ2) is 9.91. The van der Waals surface area contributed by atoms with Crippen molar-refractivity contribution in [1.29, 1.82) is 0 Å². The van der Waals surface area contributed by atoms with Crippen LogP contribution >= 0.6 is 0 Å². The SMILES string of the molecule is CC(=O)NCC(C)(C)COC(C)(C)CCCCNC(=O)C(C)C. The summed E-state index contributed by atoms with van der Waals surface area (Å²) in [6, 6.07) is 0. The summed E-state index contributed by atoms with van der Waals surface area (Å²) in [7, 11) is 0. The van der Waals surface area contributed by atoms with Crippen LogP contribution in [0.2, 0.25) is 0 Å². The van der Waals surface area contributed by atoms with Crippen molar-refractivity contribution in [2.24, 2.45) is 11.3 Å². The molecule has 0 rings (SSSR count). The number of carbonyl (C=O) groups is 2. The summed E-state index contributed by atoms with van der Waals surface area (Å²) in [4.78, 5) is 22.5. The zero-order valence-electron chi connectivity index (χ0n) is 16.0. The molecular formula is C18H36N2O3. The predicted molar refractivity (Wildman–Crippen MR) is 94.2 cm³/mol. The van der Waals surface area contributed by atoms with Crippen LogP contribution in [0.4, 0.5) is 0 Å². The number of amides is 2. The van der Waals surface area contributed by atoms with Crippen LogP contribution in [0.3, 0.4) is 0 Å². The standard InChI is InChI=1S/C18H36N2O3/c1-14(2)16(22)19-11-9-8-10-18(6,7)23-13-17(4,5)12-20-15(3)21/h14H,8-13H2,1-7H3,(H,19,22)(H,20,21). The molecule has 23 heavy (non-hydrogen) atoms. The minimum atomic E-state index is -0.199. The second-order valence-electron chi connectivity index (χ2n) is 8.03. The summed E-state index contributed by atoms with van der Waals surface area (Å²) >= 11 is 0. The Kier molecular flexibility index (Phi) is 9.44. The Morgan fingerprint density at radius 3 is 2.17 bits per heavy atom. The van der Waals surface area contributed by atoms with Crippen LogP contribution in [-0.2, 0) is 14.3 Å². The highest BCUT2D eigenvalue weighted by Crippen LogP contribution is 2.23. The molecule has 5 heteroatoms. The van der Waals surface area contributed by atoms with Gasteiger partial charge in [-0.15, -0.1) is 0 Å². The second-order valence-corrected chi connectivity index (χ2v) is 8.03. The van der Waals surface area contributed by atoms with Crippen molar-refractivity contribution < 1.29 is 14.3 Å². The summed E-state index contributed by atoms with van der Waals surface area (Å²) < 4.78 is 6.05. The molecule has 2 N–H and O–H groups in total. The number of nitrogens with one attached hydrogen (secondary N) is 2. The molecule has 5 nitrogen and oxygen atoms in total. The van der Waals surface area contributed by atoms with Crippen LogP contribution in [0.5, 0.6) is 0 Å². The third-order valence-electron chi connectivity index (χ3n) is 3.70. The molecule has 0 unspecified atom stereocenters. The zero-order chi connectivity index (χ0) is 18.1. The van der Waals surface area contributed by atoms with Gasteiger partial charge in [0.1, 0.15) is 0 Å². The molecule has 0 aliphatic rings. The van der Waals surface area contributed by atoms with E-state index in [9.17, 15) is 9.59 Å². The summed E-state index contributed by atoms with van der Waals surface area (Å²) in [6.07, 6.45) is 2.92. The van der Waals surface area contributed by atoms with Gasteiger partial charge in [-0.3, -0.25) is 9.59 Å². The van der Waals surface area contributed by atoms with E-state index in [1.807, 2.05) is 13.8 Å². The number of rotatable bonds is 11. The molecule has 2 amide bonds. The van der Waals surface area contributed by atoms with Crippen LogP contribution in [0, 0.1) is 11.3 Å². The Hall–Kier alpha value is -1.10. The van der Waals surface area contributed by atoms with Crippen LogP contribution in [0.25, 0.3) is 0 Å². The first kappa shape index (κ1) is 21.9. The van der Waals surface area contributed by atoms with Gasteiger partial charge in [-0.25, -0.2) is 0 Å². The lowest BCUT2D eigenvalue weighted by molar-refractivity contribution is -0.124. The van der Waals surface area contributed by atoms with Crippen molar-refractivity contribution in [1.82, 2.24) is 10.6 Å². The molecular weight excluding hydrogens is 292 g/mol. The van der Waals surface area contributed by atoms with Crippen molar-refractivity contribution in [2.75, 3.05) is 19.7 Å². The zero-order valence-corrected chi connectivity index (χ0v) is 16.0. The lowest BCUT2D eigenvalue weighted by atomic mass is 9.93. The van der Waals surface area contributed by atoms with Crippen molar-refractivity contribution in [3.05, 3.63) is 0 Å². The summed E-state index contributed by atoms with van der Waals surface area (Å²) in [5.74, 6) is 0.140. The number of hydrogen-bond acceptors (Lipinski definition) is 3. The van der Waals surface area contributed by atoms with Crippen LogP contribution < -0.4 is 10.6 Å². The number of hydrogen-bond donors (Lipinski definition) is 2. The van der Waals surface area contributed by atoms with E-state index in [-0.39, 0.29) is 28.7 Å². The molecule has 0 aliphatic carbocycles. The van der Waals surface area contributed by atoms with Gasteiger partial charge in [0.2, 0.25) is 11.8 Å². The maximum absolute atomic E-state index is 11.5. The Labute approximate surface area is 141 Å². The highest BCUT2D eigenvalue weighted by atomic mass is 16.5. The molecule has 0 atom stereocenters. The Morgan fingerprint density at radius 1 is 1.04 bits per heavy atom. The fourth-order valence-electron chi connectivity index (χ4n) is 1.97. The molecule has 0 radical (unpaired) electrons. The average Bonchev–Trinajstić information content (AvgIpc) is 2.43. The molecule has 0 saturated heterocycles. The summed E-state index contributed by atoms with van der Waals surface area (Å²) in [5.41, 5.74) is -0.288. The van der Waals surface area contributed by atoms with Crippen molar-refractivity contribution in [2.45, 2.75) is 73.3 Å². The molecule has 0 heterocycles. The Balaban J connectivity index is 3.96. The third kappa shape index (κ3) is 12.0. The monoisotopic (exact) mass is 328 g/mol. The maximum Gasteiger partial charge on any atom is 0.222 e. The van der Waals surface area contributed by atoms with Gasteiger partial charge in [-0.05, 0) is 33.1 Å². The molecule has 0 bridgehead atoms. The molecule has 0 aromatic carbocycles.